The molecule has 2 rings (SSSR count). The molecule has 0 saturated heterocycles. The fourth-order valence-electron chi connectivity index (χ4n) is 1.52. The van der Waals surface area contributed by atoms with Crippen LogP contribution >= 0.6 is 22.9 Å². The van der Waals surface area contributed by atoms with E-state index in [9.17, 15) is 4.39 Å². The molecule has 84 valence electrons. The Morgan fingerprint density at radius 3 is 2.88 bits per heavy atom. The van der Waals surface area contributed by atoms with Crippen LogP contribution in [0, 0.1) is 12.7 Å². The summed E-state index contributed by atoms with van der Waals surface area (Å²) in [5.74, 6) is -0.342. The number of thiazole rings is 1. The monoisotopic (exact) mass is 256 g/mol. The van der Waals surface area contributed by atoms with Crippen LogP contribution in [-0.4, -0.2) is 4.98 Å². The summed E-state index contributed by atoms with van der Waals surface area (Å²) in [6.45, 7) is 2.15. The summed E-state index contributed by atoms with van der Waals surface area (Å²) in [7, 11) is 0. The third-order valence-electron chi connectivity index (χ3n) is 2.19. The van der Waals surface area contributed by atoms with Crippen LogP contribution in [0.4, 0.5) is 4.39 Å². The van der Waals surface area contributed by atoms with Gasteiger partial charge in [0.1, 0.15) is 5.82 Å². The fraction of sp³-hybridized carbons (Fsp3) is 0.182. The van der Waals surface area contributed by atoms with Gasteiger partial charge in [0.05, 0.1) is 20.6 Å². The zero-order chi connectivity index (χ0) is 11.7. The van der Waals surface area contributed by atoms with Crippen LogP contribution in [0.2, 0.25) is 5.02 Å². The molecule has 0 atom stereocenters. The minimum atomic E-state index is -0.342. The first-order valence-electron chi connectivity index (χ1n) is 4.74. The van der Waals surface area contributed by atoms with Gasteiger partial charge < -0.3 is 5.73 Å². The minimum absolute atomic E-state index is 0.282. The summed E-state index contributed by atoms with van der Waals surface area (Å²) in [6.07, 6.45) is 0. The molecule has 0 unspecified atom stereocenters. The van der Waals surface area contributed by atoms with Gasteiger partial charge in [-0.15, -0.1) is 11.3 Å². The molecule has 1 aromatic heterocycles. The summed E-state index contributed by atoms with van der Waals surface area (Å²) in [5.41, 5.74) is 6.67. The zero-order valence-corrected chi connectivity index (χ0v) is 10.2. The number of halogens is 2. The predicted molar refractivity (Wildman–Crippen MR) is 65.1 cm³/mol. The van der Waals surface area contributed by atoms with Gasteiger partial charge in [0, 0.05) is 12.1 Å². The van der Waals surface area contributed by atoms with Gasteiger partial charge in [0.2, 0.25) is 0 Å². The molecule has 0 spiro atoms. The van der Waals surface area contributed by atoms with Gasteiger partial charge in [0.25, 0.3) is 0 Å². The average Bonchev–Trinajstić information content (AvgIpc) is 2.59. The molecule has 0 aliphatic carbocycles. The maximum atomic E-state index is 13.7. The van der Waals surface area contributed by atoms with E-state index >= 15 is 0 Å². The third kappa shape index (κ3) is 1.96. The van der Waals surface area contributed by atoms with E-state index < -0.39 is 0 Å². The fourth-order valence-corrected chi connectivity index (χ4v) is 2.84. The Labute approximate surface area is 102 Å². The maximum Gasteiger partial charge on any atom is 0.133 e. The van der Waals surface area contributed by atoms with E-state index in [1.165, 1.54) is 17.4 Å². The molecular weight excluding hydrogens is 247 g/mol. The topological polar surface area (TPSA) is 38.9 Å². The van der Waals surface area contributed by atoms with Crippen LogP contribution in [-0.2, 0) is 6.54 Å². The van der Waals surface area contributed by atoms with Gasteiger partial charge in [-0.3, -0.25) is 0 Å². The molecule has 0 aliphatic heterocycles. The van der Waals surface area contributed by atoms with Crippen LogP contribution in [0.15, 0.2) is 18.2 Å². The Hall–Kier alpha value is -0.970. The first-order valence-corrected chi connectivity index (χ1v) is 5.93. The number of benzene rings is 1. The number of nitrogens with zero attached hydrogens (tertiary/aromatic N) is 1. The third-order valence-corrected chi connectivity index (χ3v) is 3.53. The number of hydrogen-bond acceptors (Lipinski definition) is 3. The normalized spacial score (nSPS) is 10.8. The van der Waals surface area contributed by atoms with Gasteiger partial charge in [-0.2, -0.15) is 0 Å². The van der Waals surface area contributed by atoms with Gasteiger partial charge in [-0.1, -0.05) is 17.7 Å². The molecule has 0 amide bonds. The quantitative estimate of drug-likeness (QED) is 0.895. The van der Waals surface area contributed by atoms with E-state index in [4.69, 9.17) is 17.3 Å². The standard InChI is InChI=1S/C11H10ClFN2S/c1-6-15-9(5-14)11(16-6)10-7(12)3-2-4-8(10)13/h2-4H,5,14H2,1H3. The molecule has 1 aromatic carbocycles. The van der Waals surface area contributed by atoms with Crippen molar-refractivity contribution in [2.24, 2.45) is 5.73 Å². The molecule has 2 N–H and O–H groups in total. The molecule has 2 nitrogen and oxygen atoms in total. The second-order valence-corrected chi connectivity index (χ2v) is 4.92. The summed E-state index contributed by atoms with van der Waals surface area (Å²) in [5, 5.41) is 1.24. The Balaban J connectivity index is 2.66. The van der Waals surface area contributed by atoms with Crippen LogP contribution < -0.4 is 5.73 Å². The molecular formula is C11H10ClFN2S. The Morgan fingerprint density at radius 1 is 1.50 bits per heavy atom. The van der Waals surface area contributed by atoms with Gasteiger partial charge in [0.15, 0.2) is 0 Å². The Bertz CT molecular complexity index is 504. The lowest BCUT2D eigenvalue weighted by molar-refractivity contribution is 0.631. The van der Waals surface area contributed by atoms with Crippen LogP contribution in [0.1, 0.15) is 10.7 Å². The molecule has 0 fully saturated rings. The van der Waals surface area contributed by atoms with E-state index in [-0.39, 0.29) is 12.4 Å². The SMILES string of the molecule is Cc1nc(CN)c(-c2c(F)cccc2Cl)s1. The maximum absolute atomic E-state index is 13.7. The predicted octanol–water partition coefficient (Wildman–Crippen LogP) is 3.37. The van der Waals surface area contributed by atoms with Crippen molar-refractivity contribution in [3.63, 3.8) is 0 Å². The van der Waals surface area contributed by atoms with E-state index in [2.05, 4.69) is 4.98 Å². The van der Waals surface area contributed by atoms with Crippen molar-refractivity contribution in [3.8, 4) is 10.4 Å². The van der Waals surface area contributed by atoms with Crippen molar-refractivity contribution in [1.29, 1.82) is 0 Å². The molecule has 16 heavy (non-hydrogen) atoms. The van der Waals surface area contributed by atoms with E-state index in [0.717, 1.165) is 9.88 Å². The van der Waals surface area contributed by atoms with Crippen molar-refractivity contribution in [2.45, 2.75) is 13.5 Å². The molecule has 0 bridgehead atoms. The molecule has 0 aliphatic rings. The van der Waals surface area contributed by atoms with E-state index in [1.54, 1.807) is 12.1 Å². The zero-order valence-electron chi connectivity index (χ0n) is 8.63. The highest BCUT2D eigenvalue weighted by molar-refractivity contribution is 7.15. The second-order valence-electron chi connectivity index (χ2n) is 3.31. The van der Waals surface area contributed by atoms with Crippen molar-refractivity contribution < 1.29 is 4.39 Å². The van der Waals surface area contributed by atoms with Crippen molar-refractivity contribution >= 4 is 22.9 Å². The molecule has 1 heterocycles. The summed E-state index contributed by atoms with van der Waals surface area (Å²) in [4.78, 5) is 4.98. The van der Waals surface area contributed by atoms with E-state index in [1.807, 2.05) is 6.92 Å². The summed E-state index contributed by atoms with van der Waals surface area (Å²) in [6, 6.07) is 4.63. The number of nitrogens with two attached hydrogens (primary N) is 1. The highest BCUT2D eigenvalue weighted by Crippen LogP contribution is 2.36. The Morgan fingerprint density at radius 2 is 2.25 bits per heavy atom. The Kier molecular flexibility index (Phi) is 3.23. The summed E-state index contributed by atoms with van der Waals surface area (Å²) < 4.78 is 13.7. The van der Waals surface area contributed by atoms with Crippen LogP contribution in [0.25, 0.3) is 10.4 Å². The lowest BCUT2D eigenvalue weighted by Gasteiger charge is -2.04. The lowest BCUT2D eigenvalue weighted by atomic mass is 10.1. The number of hydrogen-bond donors (Lipinski definition) is 1. The largest absolute Gasteiger partial charge is 0.325 e. The minimum Gasteiger partial charge on any atom is -0.325 e. The highest BCUT2D eigenvalue weighted by Gasteiger charge is 2.16. The average molecular weight is 257 g/mol. The second kappa shape index (κ2) is 4.49. The van der Waals surface area contributed by atoms with Crippen molar-refractivity contribution in [1.82, 2.24) is 4.98 Å². The molecule has 0 saturated carbocycles. The van der Waals surface area contributed by atoms with Gasteiger partial charge in [-0.05, 0) is 19.1 Å². The lowest BCUT2D eigenvalue weighted by Crippen LogP contribution is -1.99. The molecule has 5 heteroatoms. The van der Waals surface area contributed by atoms with Gasteiger partial charge >= 0.3 is 0 Å². The van der Waals surface area contributed by atoms with Crippen molar-refractivity contribution in [2.75, 3.05) is 0 Å². The first kappa shape index (κ1) is 11.5. The number of rotatable bonds is 2. The first-order chi connectivity index (χ1) is 7.63. The number of aryl methyl sites for hydroxylation is 1. The molecule has 0 radical (unpaired) electrons. The van der Waals surface area contributed by atoms with Crippen LogP contribution in [0.3, 0.4) is 0 Å². The summed E-state index contributed by atoms with van der Waals surface area (Å²) >= 11 is 7.41. The van der Waals surface area contributed by atoms with Gasteiger partial charge in [-0.25, -0.2) is 9.37 Å². The number of aromatic nitrogens is 1. The van der Waals surface area contributed by atoms with E-state index in [0.29, 0.717) is 16.3 Å². The van der Waals surface area contributed by atoms with Crippen LogP contribution in [0.5, 0.6) is 0 Å². The van der Waals surface area contributed by atoms with Crippen molar-refractivity contribution in [3.05, 3.63) is 39.7 Å². The highest BCUT2D eigenvalue weighted by atomic mass is 35.5. The smallest absolute Gasteiger partial charge is 0.133 e. The molecule has 2 aromatic rings.